The summed E-state index contributed by atoms with van der Waals surface area (Å²) in [4.78, 5) is 4.04. The molecule has 1 aromatic heterocycles. The molecule has 0 N–H and O–H groups in total. The van der Waals surface area contributed by atoms with E-state index in [4.69, 9.17) is 0 Å². The van der Waals surface area contributed by atoms with Crippen LogP contribution in [-0.4, -0.2) is 19.7 Å². The average molecular weight is 303 g/mol. The van der Waals surface area contributed by atoms with Crippen LogP contribution in [-0.2, 0) is 11.0 Å². The predicted octanol–water partition coefficient (Wildman–Crippen LogP) is 3.12. The van der Waals surface area contributed by atoms with Gasteiger partial charge in [-0.25, -0.2) is 9.19 Å². The normalized spacial score (nSPS) is 14.9. The van der Waals surface area contributed by atoms with Crippen LogP contribution >= 0.6 is 15.9 Å². The number of pyridine rings is 1. The molecule has 0 bridgehead atoms. The molecular formula is C11H15BrN2OS. The summed E-state index contributed by atoms with van der Waals surface area (Å²) in [5.74, 6) is 0. The fraction of sp³-hybridized carbons (Fsp3) is 0.455. The van der Waals surface area contributed by atoms with Crippen LogP contribution in [0.3, 0.4) is 0 Å². The van der Waals surface area contributed by atoms with Gasteiger partial charge in [0.1, 0.15) is 15.6 Å². The fourth-order valence-corrected chi connectivity index (χ4v) is 1.93. The van der Waals surface area contributed by atoms with E-state index in [0.29, 0.717) is 0 Å². The van der Waals surface area contributed by atoms with E-state index in [1.807, 2.05) is 39.8 Å². The van der Waals surface area contributed by atoms with Crippen LogP contribution in [0.1, 0.15) is 33.3 Å². The average Bonchev–Trinajstić information content (AvgIpc) is 2.16. The third-order valence-electron chi connectivity index (χ3n) is 1.89. The molecule has 1 rings (SSSR count). The van der Waals surface area contributed by atoms with E-state index in [2.05, 4.69) is 25.3 Å². The summed E-state index contributed by atoms with van der Waals surface area (Å²) in [6, 6.07) is 3.71. The summed E-state index contributed by atoms with van der Waals surface area (Å²) >= 11 is 3.29. The van der Waals surface area contributed by atoms with Crippen molar-refractivity contribution < 1.29 is 4.21 Å². The highest BCUT2D eigenvalue weighted by Gasteiger charge is 2.19. The summed E-state index contributed by atoms with van der Waals surface area (Å²) in [6.45, 7) is 7.57. The number of rotatable bonds is 2. The van der Waals surface area contributed by atoms with Crippen molar-refractivity contribution in [2.24, 2.45) is 4.40 Å². The van der Waals surface area contributed by atoms with Crippen molar-refractivity contribution in [1.82, 2.24) is 4.98 Å². The first-order valence-electron chi connectivity index (χ1n) is 4.90. The van der Waals surface area contributed by atoms with E-state index < -0.39 is 11.0 Å². The molecule has 0 aromatic carbocycles. The lowest BCUT2D eigenvalue weighted by Crippen LogP contribution is -2.20. The molecule has 3 nitrogen and oxygen atoms in total. The van der Waals surface area contributed by atoms with Gasteiger partial charge in [0.2, 0.25) is 0 Å². The highest BCUT2D eigenvalue weighted by atomic mass is 79.9. The van der Waals surface area contributed by atoms with Crippen LogP contribution in [0.5, 0.6) is 0 Å². The first kappa shape index (κ1) is 13.5. The van der Waals surface area contributed by atoms with E-state index in [-0.39, 0.29) is 4.75 Å². The second kappa shape index (κ2) is 5.19. The van der Waals surface area contributed by atoms with Gasteiger partial charge >= 0.3 is 0 Å². The zero-order chi connectivity index (χ0) is 12.3. The SMILES string of the molecule is CC(=NS(=O)C(C)(C)C)c1ccnc(Br)c1. The van der Waals surface area contributed by atoms with Crippen molar-refractivity contribution in [3.05, 3.63) is 28.5 Å². The smallest absolute Gasteiger partial charge is 0.145 e. The maximum Gasteiger partial charge on any atom is 0.145 e. The lowest BCUT2D eigenvalue weighted by atomic mass is 10.2. The first-order chi connectivity index (χ1) is 7.30. The van der Waals surface area contributed by atoms with Crippen molar-refractivity contribution in [2.45, 2.75) is 32.4 Å². The van der Waals surface area contributed by atoms with Crippen molar-refractivity contribution in [1.29, 1.82) is 0 Å². The van der Waals surface area contributed by atoms with Crippen LogP contribution in [0.2, 0.25) is 0 Å². The molecule has 88 valence electrons. The summed E-state index contributed by atoms with van der Waals surface area (Å²) in [5, 5.41) is 0. The molecule has 0 aliphatic heterocycles. The summed E-state index contributed by atoms with van der Waals surface area (Å²) < 4.78 is 16.5. The minimum Gasteiger partial charge on any atom is -0.249 e. The number of nitrogens with zero attached hydrogens (tertiary/aromatic N) is 2. The van der Waals surface area contributed by atoms with Crippen molar-refractivity contribution in [2.75, 3.05) is 0 Å². The van der Waals surface area contributed by atoms with Gasteiger partial charge in [-0.2, -0.15) is 4.40 Å². The van der Waals surface area contributed by atoms with Gasteiger partial charge in [0.25, 0.3) is 0 Å². The first-order valence-corrected chi connectivity index (χ1v) is 6.80. The molecule has 1 aromatic rings. The molecule has 5 heteroatoms. The molecule has 0 saturated heterocycles. The second-order valence-corrected chi connectivity index (χ2v) is 7.12. The Hall–Kier alpha value is -0.550. The van der Waals surface area contributed by atoms with Gasteiger partial charge in [-0.3, -0.25) is 0 Å². The molecule has 1 atom stereocenters. The van der Waals surface area contributed by atoms with Crippen LogP contribution in [0, 0.1) is 0 Å². The monoisotopic (exact) mass is 302 g/mol. The van der Waals surface area contributed by atoms with Crippen molar-refractivity contribution in [3.8, 4) is 0 Å². The topological polar surface area (TPSA) is 42.3 Å². The van der Waals surface area contributed by atoms with Gasteiger partial charge in [-0.1, -0.05) is 0 Å². The van der Waals surface area contributed by atoms with Crippen LogP contribution in [0.4, 0.5) is 0 Å². The van der Waals surface area contributed by atoms with Gasteiger partial charge in [0, 0.05) is 11.8 Å². The Bertz CT molecular complexity index is 438. The van der Waals surface area contributed by atoms with E-state index in [1.54, 1.807) is 6.20 Å². The van der Waals surface area contributed by atoms with E-state index in [9.17, 15) is 4.21 Å². The molecule has 0 fully saturated rings. The van der Waals surface area contributed by atoms with Crippen LogP contribution < -0.4 is 0 Å². The predicted molar refractivity (Wildman–Crippen MR) is 72.0 cm³/mol. The standard InChI is InChI=1S/C11H15BrN2OS/c1-8(14-16(15)11(2,3)4)9-5-6-13-10(12)7-9/h5-7H,1-4H3. The zero-order valence-corrected chi connectivity index (χ0v) is 12.2. The summed E-state index contributed by atoms with van der Waals surface area (Å²) in [7, 11) is -1.22. The third-order valence-corrected chi connectivity index (χ3v) is 3.81. The molecule has 0 amide bonds. The molecule has 16 heavy (non-hydrogen) atoms. The largest absolute Gasteiger partial charge is 0.249 e. The molecule has 1 unspecified atom stereocenters. The minimum absolute atomic E-state index is 0.328. The lowest BCUT2D eigenvalue weighted by Gasteiger charge is -2.14. The number of hydrogen-bond donors (Lipinski definition) is 0. The Balaban J connectivity index is 2.99. The number of halogens is 1. The Morgan fingerprint density at radius 2 is 2.12 bits per heavy atom. The quantitative estimate of drug-likeness (QED) is 0.622. The summed E-state index contributed by atoms with van der Waals surface area (Å²) in [5.41, 5.74) is 1.69. The molecule has 1 heterocycles. The molecule has 0 radical (unpaired) electrons. The molecule has 0 aliphatic rings. The van der Waals surface area contributed by atoms with E-state index in [0.717, 1.165) is 15.9 Å². The highest BCUT2D eigenvalue weighted by molar-refractivity contribution is 9.10. The van der Waals surface area contributed by atoms with Crippen LogP contribution in [0.25, 0.3) is 0 Å². The van der Waals surface area contributed by atoms with E-state index >= 15 is 0 Å². The lowest BCUT2D eigenvalue weighted by molar-refractivity contribution is 0.650. The Labute approximate surface area is 107 Å². The number of aromatic nitrogens is 1. The second-order valence-electron chi connectivity index (χ2n) is 4.41. The Morgan fingerprint density at radius 3 is 2.62 bits per heavy atom. The van der Waals surface area contributed by atoms with Gasteiger partial charge in [0.05, 0.1) is 10.5 Å². The van der Waals surface area contributed by atoms with Crippen molar-refractivity contribution >= 4 is 32.6 Å². The van der Waals surface area contributed by atoms with Crippen molar-refractivity contribution in [3.63, 3.8) is 0 Å². The Kier molecular flexibility index (Phi) is 4.38. The van der Waals surface area contributed by atoms with Crippen LogP contribution in [0.15, 0.2) is 27.3 Å². The van der Waals surface area contributed by atoms with Gasteiger partial charge in [0.15, 0.2) is 0 Å². The summed E-state index contributed by atoms with van der Waals surface area (Å²) in [6.07, 6.45) is 1.69. The number of hydrogen-bond acceptors (Lipinski definition) is 2. The third kappa shape index (κ3) is 3.79. The molecular weight excluding hydrogens is 288 g/mol. The zero-order valence-electron chi connectivity index (χ0n) is 9.82. The van der Waals surface area contributed by atoms with Gasteiger partial charge in [-0.15, -0.1) is 0 Å². The van der Waals surface area contributed by atoms with E-state index in [1.165, 1.54) is 0 Å². The van der Waals surface area contributed by atoms with Gasteiger partial charge in [-0.05, 0) is 55.8 Å². The fourth-order valence-electron chi connectivity index (χ4n) is 0.942. The minimum atomic E-state index is -1.22. The maximum absolute atomic E-state index is 11.8. The maximum atomic E-state index is 11.8. The molecule has 0 spiro atoms. The molecule has 0 saturated carbocycles. The Morgan fingerprint density at radius 1 is 1.50 bits per heavy atom. The highest BCUT2D eigenvalue weighted by Crippen LogP contribution is 2.15. The molecule has 0 aliphatic carbocycles. The van der Waals surface area contributed by atoms with Gasteiger partial charge < -0.3 is 0 Å².